The molecule has 1 fully saturated rings. The Balaban J connectivity index is 1.66. The zero-order chi connectivity index (χ0) is 15.9. The summed E-state index contributed by atoms with van der Waals surface area (Å²) in [5.41, 5.74) is 1.14. The average molecular weight is 306 g/mol. The van der Waals surface area contributed by atoms with Crippen LogP contribution in [0.2, 0.25) is 0 Å². The molecule has 7 heteroatoms. The Hall–Kier alpha value is -2.05. The number of nitrogens with zero attached hydrogens (tertiary/aromatic N) is 4. The first-order valence-corrected chi connectivity index (χ1v) is 7.77. The summed E-state index contributed by atoms with van der Waals surface area (Å²) in [5, 5.41) is 10.4. The van der Waals surface area contributed by atoms with E-state index in [-0.39, 0.29) is 5.91 Å². The van der Waals surface area contributed by atoms with E-state index in [0.29, 0.717) is 12.5 Å². The monoisotopic (exact) mass is 306 g/mol. The van der Waals surface area contributed by atoms with Crippen molar-refractivity contribution in [2.45, 2.75) is 38.3 Å². The fraction of sp³-hybridized carbons (Fsp3) is 0.667. The molecule has 0 unspecified atom stereocenters. The highest BCUT2D eigenvalue weighted by atomic mass is 16.1. The molecule has 0 atom stereocenters. The zero-order valence-corrected chi connectivity index (χ0v) is 13.7. The second kappa shape index (κ2) is 7.82. The number of aliphatic imine (C=N–C) groups is 1. The largest absolute Gasteiger partial charge is 0.356 e. The Labute approximate surface area is 131 Å². The normalized spacial score (nSPS) is 14.8. The molecule has 1 aromatic rings. The van der Waals surface area contributed by atoms with E-state index >= 15 is 0 Å². The van der Waals surface area contributed by atoms with Gasteiger partial charge in [0.05, 0.1) is 6.20 Å². The minimum atomic E-state index is 0.156. The first-order chi connectivity index (χ1) is 10.6. The first-order valence-electron chi connectivity index (χ1n) is 7.77. The molecule has 1 aromatic heterocycles. The van der Waals surface area contributed by atoms with Crippen molar-refractivity contribution in [3.8, 4) is 0 Å². The van der Waals surface area contributed by atoms with Crippen molar-refractivity contribution in [1.82, 2.24) is 25.3 Å². The number of aromatic nitrogens is 2. The lowest BCUT2D eigenvalue weighted by Crippen LogP contribution is -2.39. The zero-order valence-electron chi connectivity index (χ0n) is 13.7. The van der Waals surface area contributed by atoms with Crippen LogP contribution in [0.25, 0.3) is 0 Å². The van der Waals surface area contributed by atoms with Crippen LogP contribution < -0.4 is 10.6 Å². The summed E-state index contributed by atoms with van der Waals surface area (Å²) >= 11 is 0. The van der Waals surface area contributed by atoms with E-state index in [2.05, 4.69) is 20.7 Å². The van der Waals surface area contributed by atoms with Crippen LogP contribution in [-0.4, -0.2) is 53.2 Å². The number of nitrogens with one attached hydrogen (secondary N) is 2. The minimum Gasteiger partial charge on any atom is -0.356 e. The lowest BCUT2D eigenvalue weighted by Gasteiger charge is -2.21. The maximum absolute atomic E-state index is 11.6. The molecule has 0 spiro atoms. The predicted molar refractivity (Wildman–Crippen MR) is 86.4 cm³/mol. The number of guanidine groups is 1. The molecule has 1 aliphatic rings. The van der Waals surface area contributed by atoms with E-state index < -0.39 is 0 Å². The van der Waals surface area contributed by atoms with Gasteiger partial charge in [-0.3, -0.25) is 14.5 Å². The second-order valence-corrected chi connectivity index (χ2v) is 5.80. The summed E-state index contributed by atoms with van der Waals surface area (Å²) in [5.74, 6) is 0.981. The quantitative estimate of drug-likeness (QED) is 0.437. The van der Waals surface area contributed by atoms with Gasteiger partial charge in [-0.15, -0.1) is 0 Å². The highest BCUT2D eigenvalue weighted by molar-refractivity contribution is 5.80. The van der Waals surface area contributed by atoms with E-state index in [1.54, 1.807) is 11.7 Å². The summed E-state index contributed by atoms with van der Waals surface area (Å²) in [6.45, 7) is 1.48. The Morgan fingerprint density at radius 1 is 1.55 bits per heavy atom. The molecule has 1 saturated carbocycles. The van der Waals surface area contributed by atoms with Gasteiger partial charge in [-0.1, -0.05) is 0 Å². The minimum absolute atomic E-state index is 0.156. The summed E-state index contributed by atoms with van der Waals surface area (Å²) < 4.78 is 1.79. The molecule has 1 heterocycles. The first kappa shape index (κ1) is 16.3. The fourth-order valence-electron chi connectivity index (χ4n) is 2.26. The van der Waals surface area contributed by atoms with Crippen LogP contribution in [0.3, 0.4) is 0 Å². The van der Waals surface area contributed by atoms with Crippen molar-refractivity contribution >= 4 is 11.9 Å². The molecule has 0 aliphatic heterocycles. The van der Waals surface area contributed by atoms with E-state index in [1.807, 2.05) is 31.4 Å². The number of carbonyl (C=O) groups excluding carboxylic acids is 1. The van der Waals surface area contributed by atoms with E-state index in [4.69, 9.17) is 0 Å². The van der Waals surface area contributed by atoms with Crippen LogP contribution >= 0.6 is 0 Å². The molecule has 22 heavy (non-hydrogen) atoms. The lowest BCUT2D eigenvalue weighted by atomic mass is 10.3. The highest BCUT2D eigenvalue weighted by Gasteiger charge is 2.22. The van der Waals surface area contributed by atoms with Gasteiger partial charge >= 0.3 is 0 Å². The Bertz CT molecular complexity index is 520. The van der Waals surface area contributed by atoms with Crippen LogP contribution in [0.4, 0.5) is 0 Å². The summed E-state index contributed by atoms with van der Waals surface area (Å²) in [6.07, 6.45) is 7.48. The van der Waals surface area contributed by atoms with Crippen LogP contribution in [0, 0.1) is 0 Å². The molecule has 0 bridgehead atoms. The van der Waals surface area contributed by atoms with E-state index in [9.17, 15) is 4.79 Å². The summed E-state index contributed by atoms with van der Waals surface area (Å²) in [7, 11) is 5.66. The maximum Gasteiger partial charge on any atom is 0.220 e. The van der Waals surface area contributed by atoms with Gasteiger partial charge in [0.25, 0.3) is 0 Å². The average Bonchev–Trinajstić information content (AvgIpc) is 3.19. The van der Waals surface area contributed by atoms with Gasteiger partial charge in [0.1, 0.15) is 0 Å². The predicted octanol–water partition coefficient (Wildman–Crippen LogP) is 0.486. The summed E-state index contributed by atoms with van der Waals surface area (Å²) in [4.78, 5) is 17.9. The van der Waals surface area contributed by atoms with Gasteiger partial charge in [-0.05, 0) is 19.3 Å². The van der Waals surface area contributed by atoms with Gasteiger partial charge in [0.15, 0.2) is 5.96 Å². The smallest absolute Gasteiger partial charge is 0.220 e. The molecule has 0 aromatic carbocycles. The third-order valence-electron chi connectivity index (χ3n) is 3.56. The lowest BCUT2D eigenvalue weighted by molar-refractivity contribution is -0.121. The third kappa shape index (κ3) is 5.38. The molecule has 7 nitrogen and oxygen atoms in total. The van der Waals surface area contributed by atoms with Gasteiger partial charge in [-0.2, -0.15) is 5.10 Å². The van der Waals surface area contributed by atoms with Crippen LogP contribution in [0.5, 0.6) is 0 Å². The number of hydrogen-bond donors (Lipinski definition) is 2. The Kier molecular flexibility index (Phi) is 5.80. The Morgan fingerprint density at radius 3 is 2.91 bits per heavy atom. The molecule has 2 N–H and O–H groups in total. The number of amides is 1. The van der Waals surface area contributed by atoms with E-state index in [0.717, 1.165) is 43.9 Å². The third-order valence-corrected chi connectivity index (χ3v) is 3.56. The van der Waals surface area contributed by atoms with E-state index in [1.165, 1.54) is 0 Å². The topological polar surface area (TPSA) is 74.6 Å². The van der Waals surface area contributed by atoms with Gasteiger partial charge in [0, 0.05) is 58.5 Å². The van der Waals surface area contributed by atoms with Crippen LogP contribution in [0.1, 0.15) is 31.2 Å². The number of carbonyl (C=O) groups is 1. The summed E-state index contributed by atoms with van der Waals surface area (Å²) in [6, 6.07) is 0.443. The van der Waals surface area contributed by atoms with Gasteiger partial charge < -0.3 is 15.5 Å². The fourth-order valence-corrected chi connectivity index (χ4v) is 2.26. The highest BCUT2D eigenvalue weighted by Crippen LogP contribution is 2.18. The standard InChI is InChI=1S/C15H26N6O/c1-16-15(20(2)10-12-9-18-21(3)11-12)17-8-4-5-14(22)19-13-6-7-13/h9,11,13H,4-8,10H2,1-3H3,(H,16,17)(H,19,22). The van der Waals surface area contributed by atoms with Gasteiger partial charge in [-0.25, -0.2) is 0 Å². The molecule has 1 amide bonds. The number of rotatable bonds is 7. The molecule has 1 aliphatic carbocycles. The van der Waals surface area contributed by atoms with Crippen molar-refractivity contribution in [3.63, 3.8) is 0 Å². The molecular weight excluding hydrogens is 280 g/mol. The van der Waals surface area contributed by atoms with Gasteiger partial charge in [0.2, 0.25) is 5.91 Å². The number of aryl methyl sites for hydroxylation is 1. The van der Waals surface area contributed by atoms with Crippen molar-refractivity contribution < 1.29 is 4.79 Å². The van der Waals surface area contributed by atoms with Crippen molar-refractivity contribution in [2.75, 3.05) is 20.6 Å². The molecular formula is C15H26N6O. The van der Waals surface area contributed by atoms with Crippen LogP contribution in [-0.2, 0) is 18.4 Å². The Morgan fingerprint density at radius 2 is 2.32 bits per heavy atom. The molecule has 0 saturated heterocycles. The molecule has 2 rings (SSSR count). The molecule has 0 radical (unpaired) electrons. The second-order valence-electron chi connectivity index (χ2n) is 5.80. The van der Waals surface area contributed by atoms with Crippen molar-refractivity contribution in [1.29, 1.82) is 0 Å². The van der Waals surface area contributed by atoms with Crippen molar-refractivity contribution in [3.05, 3.63) is 18.0 Å². The number of hydrogen-bond acceptors (Lipinski definition) is 3. The van der Waals surface area contributed by atoms with Crippen LogP contribution in [0.15, 0.2) is 17.4 Å². The maximum atomic E-state index is 11.6. The molecule has 122 valence electrons. The SMILES string of the molecule is CN=C(NCCCC(=O)NC1CC1)N(C)Cc1cnn(C)c1. The van der Waals surface area contributed by atoms with Crippen molar-refractivity contribution in [2.24, 2.45) is 12.0 Å².